The summed E-state index contributed by atoms with van der Waals surface area (Å²) in [5, 5.41) is 5.18. The normalized spacial score (nSPS) is 13.1. The summed E-state index contributed by atoms with van der Waals surface area (Å²) >= 11 is 0. The zero-order valence-corrected chi connectivity index (χ0v) is 19.7. The van der Waals surface area contributed by atoms with Crippen LogP contribution in [0.15, 0.2) is 36.4 Å². The van der Waals surface area contributed by atoms with E-state index in [0.29, 0.717) is 31.3 Å². The summed E-state index contributed by atoms with van der Waals surface area (Å²) in [5.74, 6) is 1.49. The molecule has 2 aromatic carbocycles. The van der Waals surface area contributed by atoms with Gasteiger partial charge in [-0.2, -0.15) is 0 Å². The molecular weight excluding hydrogens is 374 g/mol. The maximum absolute atomic E-state index is 13.6. The van der Waals surface area contributed by atoms with Crippen LogP contribution in [0.2, 0.25) is 0 Å². The lowest BCUT2D eigenvalue weighted by atomic mass is 9.83. The Hall–Kier alpha value is -2.07. The van der Waals surface area contributed by atoms with Crippen molar-refractivity contribution in [3.63, 3.8) is 0 Å². The van der Waals surface area contributed by atoms with E-state index in [-0.39, 0.29) is 12.0 Å². The molecule has 1 N–H and O–H groups in total. The van der Waals surface area contributed by atoms with Crippen molar-refractivity contribution in [2.75, 3.05) is 11.9 Å². The Morgan fingerprint density at radius 2 is 1.53 bits per heavy atom. The summed E-state index contributed by atoms with van der Waals surface area (Å²) in [4.78, 5) is 13.6. The van der Waals surface area contributed by atoms with Crippen LogP contribution < -0.4 is 10.1 Å². The minimum Gasteiger partial charge on any atom is -0.490 e. The lowest BCUT2D eigenvalue weighted by Gasteiger charge is -2.35. The van der Waals surface area contributed by atoms with Crippen LogP contribution in [0.5, 0.6) is 5.75 Å². The molecule has 30 heavy (non-hydrogen) atoms. The van der Waals surface area contributed by atoms with Gasteiger partial charge in [0.25, 0.3) is 5.91 Å². The summed E-state index contributed by atoms with van der Waals surface area (Å²) in [7, 11) is 0. The SMILES string of the molecule is CCOC(CC(C)C)(CC(C)C)C(=O)Nc1ccc(O[C@H](C)CC)c2ccccc12. The quantitative estimate of drug-likeness (QED) is 0.439. The predicted octanol–water partition coefficient (Wildman–Crippen LogP) is 6.82. The highest BCUT2D eigenvalue weighted by molar-refractivity contribution is 6.06. The van der Waals surface area contributed by atoms with Gasteiger partial charge < -0.3 is 14.8 Å². The maximum atomic E-state index is 13.6. The molecular formula is C26H39NO3. The van der Waals surface area contributed by atoms with Gasteiger partial charge in [0.15, 0.2) is 0 Å². The Bertz CT molecular complexity index is 818. The fraction of sp³-hybridized carbons (Fsp3) is 0.577. The number of benzene rings is 2. The van der Waals surface area contributed by atoms with Crippen molar-refractivity contribution in [1.29, 1.82) is 0 Å². The van der Waals surface area contributed by atoms with Crippen LogP contribution in [-0.2, 0) is 9.53 Å². The second-order valence-electron chi connectivity index (χ2n) is 9.07. The van der Waals surface area contributed by atoms with E-state index in [0.717, 1.165) is 28.6 Å². The molecule has 0 unspecified atom stereocenters. The summed E-state index contributed by atoms with van der Waals surface area (Å²) in [6.45, 7) is 15.2. The fourth-order valence-corrected chi connectivity index (χ4v) is 4.07. The molecule has 166 valence electrons. The molecule has 0 bridgehead atoms. The van der Waals surface area contributed by atoms with Gasteiger partial charge in [0.05, 0.1) is 6.10 Å². The van der Waals surface area contributed by atoms with Crippen LogP contribution in [0.25, 0.3) is 10.8 Å². The van der Waals surface area contributed by atoms with Gasteiger partial charge in [0.1, 0.15) is 11.4 Å². The van der Waals surface area contributed by atoms with Gasteiger partial charge in [-0.25, -0.2) is 0 Å². The lowest BCUT2D eigenvalue weighted by Crippen LogP contribution is -2.47. The van der Waals surface area contributed by atoms with Gasteiger partial charge in [-0.1, -0.05) is 58.9 Å². The average Bonchev–Trinajstić information content (AvgIpc) is 2.68. The summed E-state index contributed by atoms with van der Waals surface area (Å²) in [5.41, 5.74) is -0.0342. The third-order valence-corrected chi connectivity index (χ3v) is 5.35. The van der Waals surface area contributed by atoms with Crippen LogP contribution in [0.4, 0.5) is 5.69 Å². The molecule has 0 aliphatic rings. The molecule has 0 aliphatic carbocycles. The second-order valence-corrected chi connectivity index (χ2v) is 9.07. The Balaban J connectivity index is 2.43. The number of hydrogen-bond acceptors (Lipinski definition) is 3. The number of nitrogens with one attached hydrogen (secondary N) is 1. The van der Waals surface area contributed by atoms with Crippen LogP contribution in [0, 0.1) is 11.8 Å². The number of rotatable bonds is 11. The first-order valence-electron chi connectivity index (χ1n) is 11.4. The molecule has 0 saturated carbocycles. The highest BCUT2D eigenvalue weighted by Crippen LogP contribution is 2.35. The first-order valence-corrected chi connectivity index (χ1v) is 11.4. The number of anilines is 1. The molecule has 0 radical (unpaired) electrons. The maximum Gasteiger partial charge on any atom is 0.256 e. The molecule has 1 amide bonds. The summed E-state index contributed by atoms with van der Waals surface area (Å²) < 4.78 is 12.3. The van der Waals surface area contributed by atoms with Crippen molar-refractivity contribution in [2.24, 2.45) is 11.8 Å². The number of ether oxygens (including phenoxy) is 2. The van der Waals surface area contributed by atoms with Crippen LogP contribution in [-0.4, -0.2) is 24.2 Å². The number of carbonyl (C=O) groups is 1. The van der Waals surface area contributed by atoms with Crippen molar-refractivity contribution in [2.45, 2.75) is 79.4 Å². The molecule has 0 aromatic heterocycles. The van der Waals surface area contributed by atoms with Crippen LogP contribution in [0.3, 0.4) is 0 Å². The first kappa shape index (κ1) is 24.2. The minimum atomic E-state index is -0.829. The highest BCUT2D eigenvalue weighted by Gasteiger charge is 2.40. The molecule has 4 nitrogen and oxygen atoms in total. The smallest absolute Gasteiger partial charge is 0.256 e. The molecule has 0 spiro atoms. The topological polar surface area (TPSA) is 47.6 Å². The number of carbonyl (C=O) groups excluding carboxylic acids is 1. The molecule has 0 heterocycles. The first-order chi connectivity index (χ1) is 14.2. The van der Waals surface area contributed by atoms with Crippen molar-refractivity contribution in [3.05, 3.63) is 36.4 Å². The Labute approximate surface area is 182 Å². The molecule has 4 heteroatoms. The number of hydrogen-bond donors (Lipinski definition) is 1. The van der Waals surface area contributed by atoms with E-state index in [9.17, 15) is 4.79 Å². The Kier molecular flexibility index (Phi) is 8.72. The van der Waals surface area contributed by atoms with E-state index >= 15 is 0 Å². The van der Waals surface area contributed by atoms with Crippen molar-refractivity contribution < 1.29 is 14.3 Å². The van der Waals surface area contributed by atoms with E-state index in [1.165, 1.54) is 0 Å². The third-order valence-electron chi connectivity index (χ3n) is 5.35. The lowest BCUT2D eigenvalue weighted by molar-refractivity contribution is -0.146. The van der Waals surface area contributed by atoms with Gasteiger partial charge in [-0.15, -0.1) is 0 Å². The Morgan fingerprint density at radius 1 is 0.933 bits per heavy atom. The summed E-state index contributed by atoms with van der Waals surface area (Å²) in [6, 6.07) is 12.0. The van der Waals surface area contributed by atoms with Crippen LogP contribution in [0.1, 0.15) is 67.7 Å². The van der Waals surface area contributed by atoms with Crippen molar-refractivity contribution >= 4 is 22.4 Å². The molecule has 1 atom stereocenters. The van der Waals surface area contributed by atoms with E-state index < -0.39 is 5.60 Å². The molecule has 0 aliphatic heterocycles. The zero-order valence-electron chi connectivity index (χ0n) is 19.7. The van der Waals surface area contributed by atoms with Crippen molar-refractivity contribution in [1.82, 2.24) is 0 Å². The monoisotopic (exact) mass is 413 g/mol. The fourth-order valence-electron chi connectivity index (χ4n) is 4.07. The van der Waals surface area contributed by atoms with Crippen molar-refractivity contribution in [3.8, 4) is 5.75 Å². The van der Waals surface area contributed by atoms with E-state index in [2.05, 4.69) is 46.9 Å². The van der Waals surface area contributed by atoms with Gasteiger partial charge in [0.2, 0.25) is 0 Å². The molecule has 0 fully saturated rings. The standard InChI is InChI=1S/C26H39NO3/c1-8-20(7)30-24-15-14-23(21-12-10-11-13-22(21)24)27-25(28)26(29-9-2,16-18(3)4)17-19(5)6/h10-15,18-20H,8-9,16-17H2,1-7H3,(H,27,28)/t20-/m1/s1. The van der Waals surface area contributed by atoms with Crippen LogP contribution >= 0.6 is 0 Å². The minimum absolute atomic E-state index is 0.0625. The zero-order chi connectivity index (χ0) is 22.3. The van der Waals surface area contributed by atoms with Gasteiger partial charge in [-0.05, 0) is 57.1 Å². The third kappa shape index (κ3) is 5.98. The molecule has 0 saturated heterocycles. The van der Waals surface area contributed by atoms with E-state index in [4.69, 9.17) is 9.47 Å². The number of fused-ring (bicyclic) bond motifs is 1. The number of amides is 1. The highest BCUT2D eigenvalue weighted by atomic mass is 16.5. The average molecular weight is 414 g/mol. The molecule has 2 rings (SSSR count). The largest absolute Gasteiger partial charge is 0.490 e. The second kappa shape index (κ2) is 10.8. The van der Waals surface area contributed by atoms with Gasteiger partial charge >= 0.3 is 0 Å². The van der Waals surface area contributed by atoms with E-state index in [1.54, 1.807) is 0 Å². The summed E-state index contributed by atoms with van der Waals surface area (Å²) in [6.07, 6.45) is 2.46. The van der Waals surface area contributed by atoms with Gasteiger partial charge in [-0.3, -0.25) is 4.79 Å². The Morgan fingerprint density at radius 3 is 2.07 bits per heavy atom. The van der Waals surface area contributed by atoms with E-state index in [1.807, 2.05) is 43.3 Å². The predicted molar refractivity (Wildman–Crippen MR) is 126 cm³/mol. The van der Waals surface area contributed by atoms with Gasteiger partial charge in [0, 0.05) is 23.1 Å². The molecule has 2 aromatic rings.